The summed E-state index contributed by atoms with van der Waals surface area (Å²) in [5.74, 6) is 2.01. The maximum absolute atomic E-state index is 12.5. The van der Waals surface area contributed by atoms with E-state index in [0.717, 1.165) is 24.3 Å². The Hall–Kier alpha value is -2.63. The van der Waals surface area contributed by atoms with Gasteiger partial charge in [-0.3, -0.25) is 4.79 Å². The van der Waals surface area contributed by atoms with E-state index >= 15 is 0 Å². The minimum atomic E-state index is -0.367. The van der Waals surface area contributed by atoms with Crippen LogP contribution >= 0.6 is 0 Å². The van der Waals surface area contributed by atoms with Crippen molar-refractivity contribution in [3.05, 3.63) is 48.2 Å². The average Bonchev–Trinajstić information content (AvgIpc) is 2.62. The van der Waals surface area contributed by atoms with Gasteiger partial charge in [0.15, 0.2) is 0 Å². The summed E-state index contributed by atoms with van der Waals surface area (Å²) < 4.78 is 0. The molecule has 1 saturated heterocycles. The third-order valence-corrected chi connectivity index (χ3v) is 4.27. The Morgan fingerprint density at radius 3 is 2.84 bits per heavy atom. The number of amides is 1. The summed E-state index contributed by atoms with van der Waals surface area (Å²) in [5.41, 5.74) is 0.965. The first-order valence-electron chi connectivity index (χ1n) is 8.81. The molecule has 1 aliphatic heterocycles. The van der Waals surface area contributed by atoms with E-state index in [1.165, 1.54) is 0 Å². The molecule has 0 radical (unpaired) electrons. The van der Waals surface area contributed by atoms with Gasteiger partial charge in [-0.25, -0.2) is 4.98 Å². The van der Waals surface area contributed by atoms with Crippen molar-refractivity contribution in [2.24, 2.45) is 5.92 Å². The van der Waals surface area contributed by atoms with Crippen molar-refractivity contribution < 1.29 is 4.79 Å². The van der Waals surface area contributed by atoms with Crippen LogP contribution in [0.2, 0.25) is 0 Å². The molecule has 1 atom stereocenters. The van der Waals surface area contributed by atoms with Crippen LogP contribution in [0.3, 0.4) is 0 Å². The van der Waals surface area contributed by atoms with Crippen molar-refractivity contribution in [1.29, 1.82) is 0 Å². The SMILES string of the molecule is CC(C)CCNc1nccc(N2CCNC(=O)C2c2ccccc2)n1. The summed E-state index contributed by atoms with van der Waals surface area (Å²) in [6.45, 7) is 6.55. The van der Waals surface area contributed by atoms with Crippen LogP contribution in [0.25, 0.3) is 0 Å². The second-order valence-electron chi connectivity index (χ2n) is 6.65. The molecule has 1 aromatic carbocycles. The second kappa shape index (κ2) is 7.96. The van der Waals surface area contributed by atoms with Crippen molar-refractivity contribution in [2.75, 3.05) is 29.9 Å². The molecule has 25 heavy (non-hydrogen) atoms. The molecule has 6 heteroatoms. The van der Waals surface area contributed by atoms with Crippen LogP contribution in [0.5, 0.6) is 0 Å². The fraction of sp³-hybridized carbons (Fsp3) is 0.421. The summed E-state index contributed by atoms with van der Waals surface area (Å²) in [4.78, 5) is 23.5. The van der Waals surface area contributed by atoms with Crippen molar-refractivity contribution >= 4 is 17.7 Å². The molecule has 0 spiro atoms. The van der Waals surface area contributed by atoms with Gasteiger partial charge < -0.3 is 15.5 Å². The predicted molar refractivity (Wildman–Crippen MR) is 99.5 cm³/mol. The number of carbonyl (C=O) groups excluding carboxylic acids is 1. The predicted octanol–water partition coefficient (Wildman–Crippen LogP) is 2.61. The first kappa shape index (κ1) is 17.2. The highest BCUT2D eigenvalue weighted by Crippen LogP contribution is 2.28. The lowest BCUT2D eigenvalue weighted by Gasteiger charge is -2.36. The quantitative estimate of drug-likeness (QED) is 0.846. The molecule has 1 aromatic heterocycles. The number of nitrogens with zero attached hydrogens (tertiary/aromatic N) is 3. The zero-order chi connectivity index (χ0) is 17.6. The van der Waals surface area contributed by atoms with Crippen LogP contribution < -0.4 is 15.5 Å². The number of aromatic nitrogens is 2. The molecule has 1 aliphatic rings. The topological polar surface area (TPSA) is 70.2 Å². The molecule has 2 heterocycles. The van der Waals surface area contributed by atoms with Crippen LogP contribution in [-0.4, -0.2) is 35.5 Å². The molecule has 132 valence electrons. The summed E-state index contributed by atoms with van der Waals surface area (Å²) >= 11 is 0. The number of hydrogen-bond donors (Lipinski definition) is 2. The monoisotopic (exact) mass is 339 g/mol. The highest BCUT2D eigenvalue weighted by atomic mass is 16.2. The zero-order valence-electron chi connectivity index (χ0n) is 14.8. The fourth-order valence-electron chi connectivity index (χ4n) is 2.95. The van der Waals surface area contributed by atoms with E-state index in [4.69, 9.17) is 0 Å². The van der Waals surface area contributed by atoms with Gasteiger partial charge >= 0.3 is 0 Å². The van der Waals surface area contributed by atoms with Crippen molar-refractivity contribution in [2.45, 2.75) is 26.3 Å². The highest BCUT2D eigenvalue weighted by molar-refractivity contribution is 5.87. The Morgan fingerprint density at radius 2 is 2.08 bits per heavy atom. The molecule has 6 nitrogen and oxygen atoms in total. The van der Waals surface area contributed by atoms with E-state index in [0.29, 0.717) is 25.0 Å². The summed E-state index contributed by atoms with van der Waals surface area (Å²) in [7, 11) is 0. The molecule has 1 amide bonds. The number of benzene rings is 1. The van der Waals surface area contributed by atoms with Crippen LogP contribution in [0.4, 0.5) is 11.8 Å². The van der Waals surface area contributed by atoms with E-state index < -0.39 is 0 Å². The molecule has 0 aliphatic carbocycles. The molecule has 2 aromatic rings. The number of anilines is 2. The fourth-order valence-corrected chi connectivity index (χ4v) is 2.95. The number of carbonyl (C=O) groups is 1. The van der Waals surface area contributed by atoms with Gasteiger partial charge in [0.05, 0.1) is 0 Å². The largest absolute Gasteiger partial charge is 0.354 e. The Balaban J connectivity index is 1.82. The number of piperazine rings is 1. The zero-order valence-corrected chi connectivity index (χ0v) is 14.8. The van der Waals surface area contributed by atoms with Gasteiger partial charge in [-0.15, -0.1) is 0 Å². The maximum atomic E-state index is 12.5. The van der Waals surface area contributed by atoms with Gasteiger partial charge in [-0.1, -0.05) is 44.2 Å². The van der Waals surface area contributed by atoms with Crippen LogP contribution in [0.15, 0.2) is 42.6 Å². The minimum Gasteiger partial charge on any atom is -0.354 e. The van der Waals surface area contributed by atoms with Gasteiger partial charge in [0.25, 0.3) is 0 Å². The summed E-state index contributed by atoms with van der Waals surface area (Å²) in [6, 6.07) is 11.3. The summed E-state index contributed by atoms with van der Waals surface area (Å²) in [6.07, 6.45) is 2.81. The Bertz CT molecular complexity index is 704. The first-order valence-corrected chi connectivity index (χ1v) is 8.81. The lowest BCUT2D eigenvalue weighted by atomic mass is 10.0. The third kappa shape index (κ3) is 4.26. The normalized spacial score (nSPS) is 17.5. The van der Waals surface area contributed by atoms with Gasteiger partial charge in [-0.05, 0) is 24.0 Å². The smallest absolute Gasteiger partial charge is 0.247 e. The van der Waals surface area contributed by atoms with Gasteiger partial charge in [0, 0.05) is 25.8 Å². The highest BCUT2D eigenvalue weighted by Gasteiger charge is 2.32. The third-order valence-electron chi connectivity index (χ3n) is 4.27. The standard InChI is InChI=1S/C19H25N5O/c1-14(2)8-10-21-19-22-11-9-16(23-19)24-13-12-20-18(25)17(24)15-6-4-3-5-7-15/h3-7,9,11,14,17H,8,10,12-13H2,1-2H3,(H,20,25)(H,21,22,23). The van der Waals surface area contributed by atoms with Gasteiger partial charge in [0.1, 0.15) is 11.9 Å². The Morgan fingerprint density at radius 1 is 1.28 bits per heavy atom. The molecule has 1 fully saturated rings. The van der Waals surface area contributed by atoms with Gasteiger partial charge in [-0.2, -0.15) is 4.98 Å². The Labute approximate surface area is 148 Å². The molecular formula is C19H25N5O. The van der Waals surface area contributed by atoms with Crippen LogP contribution in [0, 0.1) is 5.92 Å². The average molecular weight is 339 g/mol. The van der Waals surface area contributed by atoms with Crippen molar-refractivity contribution in [1.82, 2.24) is 15.3 Å². The number of nitrogens with one attached hydrogen (secondary N) is 2. The van der Waals surface area contributed by atoms with E-state index in [1.807, 2.05) is 41.3 Å². The van der Waals surface area contributed by atoms with E-state index in [2.05, 4.69) is 34.4 Å². The van der Waals surface area contributed by atoms with Crippen molar-refractivity contribution in [3.8, 4) is 0 Å². The number of rotatable bonds is 6. The first-order chi connectivity index (χ1) is 12.1. The molecule has 3 rings (SSSR count). The Kier molecular flexibility index (Phi) is 5.48. The van der Waals surface area contributed by atoms with E-state index in [9.17, 15) is 4.79 Å². The minimum absolute atomic E-state index is 0.00498. The number of hydrogen-bond acceptors (Lipinski definition) is 5. The molecule has 2 N–H and O–H groups in total. The molecule has 0 saturated carbocycles. The van der Waals surface area contributed by atoms with Gasteiger partial charge in [0.2, 0.25) is 11.9 Å². The van der Waals surface area contributed by atoms with E-state index in [1.54, 1.807) is 6.20 Å². The molecule has 1 unspecified atom stereocenters. The lowest BCUT2D eigenvalue weighted by molar-refractivity contribution is -0.123. The van der Waals surface area contributed by atoms with Crippen LogP contribution in [0.1, 0.15) is 31.9 Å². The van der Waals surface area contributed by atoms with Crippen molar-refractivity contribution in [3.63, 3.8) is 0 Å². The molecular weight excluding hydrogens is 314 g/mol. The lowest BCUT2D eigenvalue weighted by Crippen LogP contribution is -2.50. The maximum Gasteiger partial charge on any atom is 0.247 e. The van der Waals surface area contributed by atoms with Crippen LogP contribution in [-0.2, 0) is 4.79 Å². The molecule has 0 bridgehead atoms. The summed E-state index contributed by atoms with van der Waals surface area (Å²) in [5, 5.41) is 6.22. The van der Waals surface area contributed by atoms with E-state index in [-0.39, 0.29) is 11.9 Å². The second-order valence-corrected chi connectivity index (χ2v) is 6.65.